The van der Waals surface area contributed by atoms with Crippen LogP contribution < -0.4 is 15.4 Å². The normalized spacial score (nSPS) is 20.5. The summed E-state index contributed by atoms with van der Waals surface area (Å²) < 4.78 is 32.2. The van der Waals surface area contributed by atoms with Crippen molar-refractivity contribution in [3.63, 3.8) is 0 Å². The van der Waals surface area contributed by atoms with Gasteiger partial charge in [0.2, 0.25) is 6.23 Å². The SMILES string of the molecule is CC1=C(N2CC(F)(F)C2)NC=NC1Oc1c(Cl)cc(NCCC(=O)O)cc1Cl. The Morgan fingerprint density at radius 3 is 2.64 bits per heavy atom. The number of halogens is 4. The molecular weight excluding hydrogens is 417 g/mol. The van der Waals surface area contributed by atoms with Gasteiger partial charge < -0.3 is 25.4 Å². The second-order valence-corrected chi connectivity index (χ2v) is 7.29. The summed E-state index contributed by atoms with van der Waals surface area (Å²) >= 11 is 12.5. The minimum Gasteiger partial charge on any atom is -0.481 e. The smallest absolute Gasteiger partial charge is 0.305 e. The number of hydrogen-bond acceptors (Lipinski definition) is 6. The predicted octanol–water partition coefficient (Wildman–Crippen LogP) is 3.40. The molecule has 1 atom stereocenters. The van der Waals surface area contributed by atoms with E-state index in [1.54, 1.807) is 19.1 Å². The molecule has 3 rings (SSSR count). The lowest BCUT2D eigenvalue weighted by Crippen LogP contribution is -2.58. The molecule has 28 heavy (non-hydrogen) atoms. The van der Waals surface area contributed by atoms with Gasteiger partial charge in [0.25, 0.3) is 5.92 Å². The molecule has 1 aromatic carbocycles. The minimum absolute atomic E-state index is 0.0560. The fourth-order valence-electron chi connectivity index (χ4n) is 2.84. The van der Waals surface area contributed by atoms with E-state index in [1.807, 2.05) is 0 Å². The van der Waals surface area contributed by atoms with Crippen LogP contribution in [-0.4, -0.2) is 54.1 Å². The molecule has 1 saturated heterocycles. The molecule has 2 heterocycles. The first-order valence-electron chi connectivity index (χ1n) is 8.39. The van der Waals surface area contributed by atoms with Gasteiger partial charge in [-0.1, -0.05) is 23.2 Å². The van der Waals surface area contributed by atoms with Crippen molar-refractivity contribution < 1.29 is 23.4 Å². The average Bonchev–Trinajstić information content (AvgIpc) is 2.57. The maximum atomic E-state index is 13.2. The number of nitrogens with zero attached hydrogens (tertiary/aromatic N) is 2. The summed E-state index contributed by atoms with van der Waals surface area (Å²) in [5.74, 6) is -2.91. The van der Waals surface area contributed by atoms with Gasteiger partial charge in [0.05, 0.1) is 35.9 Å². The van der Waals surface area contributed by atoms with Gasteiger partial charge in [0.15, 0.2) is 5.75 Å². The summed E-state index contributed by atoms with van der Waals surface area (Å²) in [6.07, 6.45) is 0.554. The topological polar surface area (TPSA) is 86.2 Å². The van der Waals surface area contributed by atoms with Crippen LogP contribution in [0.4, 0.5) is 14.5 Å². The number of carboxylic acids is 1. The average molecular weight is 435 g/mol. The van der Waals surface area contributed by atoms with E-state index < -0.39 is 18.1 Å². The van der Waals surface area contributed by atoms with Gasteiger partial charge in [0.1, 0.15) is 5.82 Å². The van der Waals surface area contributed by atoms with Crippen LogP contribution in [0.1, 0.15) is 13.3 Å². The summed E-state index contributed by atoms with van der Waals surface area (Å²) in [4.78, 5) is 16.3. The molecule has 2 aliphatic heterocycles. The number of aliphatic imine (C=N–C) groups is 1. The van der Waals surface area contributed by atoms with E-state index in [1.165, 1.54) is 11.2 Å². The lowest BCUT2D eigenvalue weighted by molar-refractivity contribution is -0.136. The number of aliphatic carboxylic acids is 1. The number of carbonyl (C=O) groups is 1. The zero-order valence-corrected chi connectivity index (χ0v) is 16.3. The number of alkyl halides is 2. The Kier molecular flexibility index (Phi) is 5.85. The number of hydrogen-bond donors (Lipinski definition) is 3. The van der Waals surface area contributed by atoms with Crippen LogP contribution in [0.15, 0.2) is 28.5 Å². The van der Waals surface area contributed by atoms with E-state index in [9.17, 15) is 13.6 Å². The highest BCUT2D eigenvalue weighted by atomic mass is 35.5. The molecule has 0 amide bonds. The fraction of sp³-hybridized carbons (Fsp3) is 0.412. The van der Waals surface area contributed by atoms with E-state index in [0.717, 1.165) is 0 Å². The summed E-state index contributed by atoms with van der Waals surface area (Å²) in [7, 11) is 0. The van der Waals surface area contributed by atoms with E-state index in [2.05, 4.69) is 15.6 Å². The van der Waals surface area contributed by atoms with Crippen molar-refractivity contribution in [2.45, 2.75) is 25.5 Å². The van der Waals surface area contributed by atoms with Crippen LogP contribution >= 0.6 is 23.2 Å². The third-order valence-corrected chi connectivity index (χ3v) is 4.77. The third-order valence-electron chi connectivity index (χ3n) is 4.21. The van der Waals surface area contributed by atoms with Gasteiger partial charge in [-0.25, -0.2) is 13.8 Å². The maximum Gasteiger partial charge on any atom is 0.305 e. The van der Waals surface area contributed by atoms with Crippen molar-refractivity contribution in [2.75, 3.05) is 25.0 Å². The van der Waals surface area contributed by atoms with Gasteiger partial charge in [-0.05, 0) is 19.1 Å². The first-order chi connectivity index (χ1) is 13.2. The van der Waals surface area contributed by atoms with E-state index in [-0.39, 0.29) is 41.8 Å². The Morgan fingerprint density at radius 2 is 2.07 bits per heavy atom. The quantitative estimate of drug-likeness (QED) is 0.609. The molecule has 11 heteroatoms. The lowest BCUT2D eigenvalue weighted by Gasteiger charge is -2.43. The van der Waals surface area contributed by atoms with Crippen molar-refractivity contribution in [3.8, 4) is 5.75 Å². The van der Waals surface area contributed by atoms with Gasteiger partial charge in [-0.15, -0.1) is 0 Å². The third kappa shape index (κ3) is 4.59. The van der Waals surface area contributed by atoms with Gasteiger partial charge in [0, 0.05) is 17.8 Å². The molecule has 1 aromatic rings. The fourth-order valence-corrected chi connectivity index (χ4v) is 3.41. The highest BCUT2D eigenvalue weighted by Gasteiger charge is 2.46. The summed E-state index contributed by atoms with van der Waals surface area (Å²) in [5.41, 5.74) is 1.17. The Hall–Kier alpha value is -2.26. The van der Waals surface area contributed by atoms with Crippen LogP contribution in [0.25, 0.3) is 0 Å². The molecule has 1 fully saturated rings. The molecule has 0 saturated carbocycles. The second-order valence-electron chi connectivity index (χ2n) is 6.48. The standard InChI is InChI=1S/C17H18Cl2F2N4O3/c1-9-15(25-6-17(20,21)7-25)23-8-24-16(9)28-14-11(18)4-10(5-12(14)19)22-3-2-13(26)27/h4-5,8,16,22H,2-3,6-7H2,1H3,(H,23,24)(H,26,27). The Bertz CT molecular complexity index is 817. The first-order valence-corrected chi connectivity index (χ1v) is 9.15. The van der Waals surface area contributed by atoms with Crippen molar-refractivity contribution in [1.29, 1.82) is 0 Å². The van der Waals surface area contributed by atoms with E-state index in [4.69, 9.17) is 33.0 Å². The van der Waals surface area contributed by atoms with Crippen molar-refractivity contribution >= 4 is 41.2 Å². The summed E-state index contributed by atoms with van der Waals surface area (Å²) in [6.45, 7) is 1.20. The molecule has 3 N–H and O–H groups in total. The Balaban J connectivity index is 1.72. The summed E-state index contributed by atoms with van der Waals surface area (Å²) in [5, 5.41) is 14.9. The monoisotopic (exact) mass is 434 g/mol. The number of nitrogens with one attached hydrogen (secondary N) is 2. The van der Waals surface area contributed by atoms with Crippen LogP contribution in [0.2, 0.25) is 10.0 Å². The number of rotatable bonds is 7. The zero-order valence-electron chi connectivity index (χ0n) is 14.8. The highest BCUT2D eigenvalue weighted by Crippen LogP contribution is 2.38. The molecule has 0 aliphatic carbocycles. The van der Waals surface area contributed by atoms with E-state index >= 15 is 0 Å². The molecule has 7 nitrogen and oxygen atoms in total. The van der Waals surface area contributed by atoms with E-state index in [0.29, 0.717) is 17.1 Å². The number of carboxylic acid groups (broad SMARTS) is 1. The summed E-state index contributed by atoms with van der Waals surface area (Å²) in [6, 6.07) is 3.12. The number of benzene rings is 1. The molecular formula is C17H18Cl2F2N4O3. The maximum absolute atomic E-state index is 13.2. The number of anilines is 1. The van der Waals surface area contributed by atoms with Crippen molar-refractivity contribution in [3.05, 3.63) is 33.6 Å². The molecule has 1 unspecified atom stereocenters. The predicted molar refractivity (Wildman–Crippen MR) is 102 cm³/mol. The van der Waals surface area contributed by atoms with Gasteiger partial charge >= 0.3 is 5.97 Å². The second kappa shape index (κ2) is 8.00. The van der Waals surface area contributed by atoms with Gasteiger partial charge in [-0.2, -0.15) is 0 Å². The van der Waals surface area contributed by atoms with Crippen LogP contribution in [0, 0.1) is 0 Å². The molecule has 0 bridgehead atoms. The Morgan fingerprint density at radius 1 is 1.43 bits per heavy atom. The molecule has 0 aromatic heterocycles. The van der Waals surface area contributed by atoms with Crippen molar-refractivity contribution in [1.82, 2.24) is 10.2 Å². The van der Waals surface area contributed by atoms with Gasteiger partial charge in [-0.3, -0.25) is 4.79 Å². The molecule has 0 spiro atoms. The van der Waals surface area contributed by atoms with Crippen LogP contribution in [0.5, 0.6) is 5.75 Å². The van der Waals surface area contributed by atoms with Crippen LogP contribution in [-0.2, 0) is 4.79 Å². The first kappa shape index (κ1) is 20.5. The highest BCUT2D eigenvalue weighted by molar-refractivity contribution is 6.37. The zero-order chi connectivity index (χ0) is 20.5. The minimum atomic E-state index is -2.70. The Labute approximate surface area is 170 Å². The number of likely N-dealkylation sites (tertiary alicyclic amines) is 1. The number of ether oxygens (including phenoxy) is 1. The molecule has 0 radical (unpaired) electrons. The van der Waals surface area contributed by atoms with Crippen molar-refractivity contribution in [2.24, 2.45) is 4.99 Å². The van der Waals surface area contributed by atoms with Crippen LogP contribution in [0.3, 0.4) is 0 Å². The molecule has 2 aliphatic rings. The lowest BCUT2D eigenvalue weighted by atomic mass is 10.1. The molecule has 152 valence electrons. The largest absolute Gasteiger partial charge is 0.481 e.